The van der Waals surface area contributed by atoms with Gasteiger partial charge in [0.2, 0.25) is 5.88 Å². The van der Waals surface area contributed by atoms with Crippen molar-refractivity contribution in [3.63, 3.8) is 0 Å². The molecule has 6 nitrogen and oxygen atoms in total. The van der Waals surface area contributed by atoms with E-state index in [0.29, 0.717) is 35.5 Å². The molecule has 4 aromatic rings. The Morgan fingerprint density at radius 3 is 2.33 bits per heavy atom. The van der Waals surface area contributed by atoms with Crippen molar-refractivity contribution >= 4 is 17.3 Å². The molecule has 0 aliphatic rings. The van der Waals surface area contributed by atoms with Crippen LogP contribution in [0.3, 0.4) is 0 Å². The summed E-state index contributed by atoms with van der Waals surface area (Å²) in [5.41, 5.74) is 2.95. The molecule has 1 unspecified atom stereocenters. The largest absolute Gasteiger partial charge is 0.473 e. The van der Waals surface area contributed by atoms with Gasteiger partial charge in [-0.25, -0.2) is 13.3 Å². The quantitative estimate of drug-likeness (QED) is 0.103. The van der Waals surface area contributed by atoms with Crippen LogP contribution in [0, 0.1) is 24.0 Å². The van der Waals surface area contributed by atoms with Crippen LogP contribution >= 0.6 is 0 Å². The van der Waals surface area contributed by atoms with Crippen molar-refractivity contribution < 1.29 is 27.8 Å². The number of esters is 1. The van der Waals surface area contributed by atoms with E-state index in [2.05, 4.69) is 6.92 Å². The molecule has 0 spiro atoms. The van der Waals surface area contributed by atoms with E-state index in [4.69, 9.17) is 14.6 Å². The van der Waals surface area contributed by atoms with Crippen LogP contribution in [0.2, 0.25) is 0 Å². The van der Waals surface area contributed by atoms with Gasteiger partial charge >= 0.3 is 5.97 Å². The number of carbonyl (C=O) groups is 2. The average molecular weight is 591 g/mol. The second kappa shape index (κ2) is 14.4. The van der Waals surface area contributed by atoms with Gasteiger partial charge in [-0.05, 0) is 60.9 Å². The second-order valence-corrected chi connectivity index (χ2v) is 11.5. The minimum Gasteiger partial charge on any atom is -0.473 e. The Balaban J connectivity index is 1.53. The molecule has 0 fully saturated rings. The molecule has 1 atom stereocenters. The summed E-state index contributed by atoms with van der Waals surface area (Å²) in [6, 6.07) is 16.9. The highest BCUT2D eigenvalue weighted by Crippen LogP contribution is 2.35. The molecule has 228 valence electrons. The number of aryl methyl sites for hydroxylation is 2. The number of ketones is 1. The first-order valence-corrected chi connectivity index (χ1v) is 14.9. The zero-order valence-corrected chi connectivity index (χ0v) is 25.4. The molecule has 43 heavy (non-hydrogen) atoms. The summed E-state index contributed by atoms with van der Waals surface area (Å²) in [5.74, 6) is -1.42. The van der Waals surface area contributed by atoms with Crippen LogP contribution in [-0.4, -0.2) is 21.4 Å². The molecule has 0 radical (unpaired) electrons. The fraction of sp³-hybridized carbons (Fsp3) is 0.400. The van der Waals surface area contributed by atoms with Crippen molar-refractivity contribution in [2.45, 2.75) is 85.9 Å². The predicted molar refractivity (Wildman–Crippen MR) is 162 cm³/mol. The maximum absolute atomic E-state index is 14.2. The number of Topliss-reactive ketones (excluding diaryl/α,β-unsaturated/α-hetero) is 1. The van der Waals surface area contributed by atoms with E-state index >= 15 is 0 Å². The van der Waals surface area contributed by atoms with Gasteiger partial charge in [-0.2, -0.15) is 5.10 Å². The van der Waals surface area contributed by atoms with Crippen LogP contribution in [0.1, 0.15) is 92.0 Å². The van der Waals surface area contributed by atoms with E-state index in [0.717, 1.165) is 30.4 Å². The van der Waals surface area contributed by atoms with Crippen molar-refractivity contribution in [3.05, 3.63) is 100 Å². The zero-order valence-electron chi connectivity index (χ0n) is 25.4. The van der Waals surface area contributed by atoms with Crippen molar-refractivity contribution in [1.82, 2.24) is 9.61 Å². The Kier molecular flexibility index (Phi) is 10.7. The molecular weight excluding hydrogens is 550 g/mol. The van der Waals surface area contributed by atoms with E-state index in [-0.39, 0.29) is 43.4 Å². The Morgan fingerprint density at radius 2 is 1.65 bits per heavy atom. The van der Waals surface area contributed by atoms with Crippen LogP contribution in [0.4, 0.5) is 8.78 Å². The Bertz CT molecular complexity index is 1550. The minimum absolute atomic E-state index is 0.0601. The highest BCUT2D eigenvalue weighted by atomic mass is 19.1. The molecule has 0 bridgehead atoms. The number of benzene rings is 2. The molecule has 0 amide bonds. The molecule has 0 aliphatic carbocycles. The van der Waals surface area contributed by atoms with Crippen LogP contribution < -0.4 is 4.74 Å². The highest BCUT2D eigenvalue weighted by Gasteiger charge is 2.30. The number of hydrogen-bond acceptors (Lipinski definition) is 5. The van der Waals surface area contributed by atoms with Gasteiger partial charge in [0.05, 0.1) is 28.8 Å². The number of aromatic nitrogens is 2. The van der Waals surface area contributed by atoms with Crippen molar-refractivity contribution in [2.75, 3.05) is 0 Å². The Labute approximate surface area is 252 Å². The lowest BCUT2D eigenvalue weighted by atomic mass is 9.77. The number of ether oxygens (including phenoxy) is 2. The topological polar surface area (TPSA) is 69.9 Å². The van der Waals surface area contributed by atoms with Gasteiger partial charge in [0.1, 0.15) is 24.8 Å². The molecule has 2 aromatic heterocycles. The lowest BCUT2D eigenvalue weighted by molar-refractivity contribution is -0.147. The molecule has 2 heterocycles. The van der Waals surface area contributed by atoms with Crippen LogP contribution in [-0.2, 0) is 29.2 Å². The fourth-order valence-corrected chi connectivity index (χ4v) is 5.51. The maximum atomic E-state index is 14.2. The standard InChI is InChI=1S/C35H40F2N2O4/c1-5-11-29-34(30-19-24(3)20-32(39(30)38-29)42-23-26-27(36)14-10-15-28(26)37)31(40)16-18-35(4,17-6-2)21-33(41)43-22-25-12-8-7-9-13-25/h7-10,12-15,19-20H,5-6,11,16-18,21-23H2,1-4H3. The van der Waals surface area contributed by atoms with Gasteiger partial charge in [0.15, 0.2) is 5.78 Å². The predicted octanol–water partition coefficient (Wildman–Crippen LogP) is 8.36. The smallest absolute Gasteiger partial charge is 0.306 e. The van der Waals surface area contributed by atoms with Gasteiger partial charge in [0.25, 0.3) is 0 Å². The monoisotopic (exact) mass is 590 g/mol. The molecule has 0 saturated heterocycles. The van der Waals surface area contributed by atoms with Gasteiger partial charge in [-0.1, -0.05) is 70.0 Å². The first-order valence-electron chi connectivity index (χ1n) is 14.9. The van der Waals surface area contributed by atoms with Crippen molar-refractivity contribution in [2.24, 2.45) is 5.41 Å². The summed E-state index contributed by atoms with van der Waals surface area (Å²) in [5, 5.41) is 4.71. The number of rotatable bonds is 15. The number of pyridine rings is 1. The lowest BCUT2D eigenvalue weighted by Gasteiger charge is -2.28. The summed E-state index contributed by atoms with van der Waals surface area (Å²) < 4.78 is 41.5. The average Bonchev–Trinajstić information content (AvgIpc) is 3.33. The van der Waals surface area contributed by atoms with Gasteiger partial charge in [0, 0.05) is 12.5 Å². The summed E-state index contributed by atoms with van der Waals surface area (Å²) in [6.45, 7) is 7.89. The summed E-state index contributed by atoms with van der Waals surface area (Å²) >= 11 is 0. The first kappa shape index (κ1) is 31.9. The highest BCUT2D eigenvalue weighted by molar-refractivity contribution is 6.03. The number of nitrogens with zero attached hydrogens (tertiary/aromatic N) is 2. The third-order valence-corrected chi connectivity index (χ3v) is 7.73. The van der Waals surface area contributed by atoms with Gasteiger partial charge < -0.3 is 9.47 Å². The van der Waals surface area contributed by atoms with E-state index in [1.165, 1.54) is 18.2 Å². The third kappa shape index (κ3) is 8.06. The number of hydrogen-bond donors (Lipinski definition) is 0. The molecule has 0 saturated carbocycles. The van der Waals surface area contributed by atoms with E-state index in [1.807, 2.05) is 57.2 Å². The van der Waals surface area contributed by atoms with Crippen molar-refractivity contribution in [3.8, 4) is 5.88 Å². The molecule has 0 N–H and O–H groups in total. The van der Waals surface area contributed by atoms with E-state index < -0.39 is 17.0 Å². The van der Waals surface area contributed by atoms with Gasteiger partial charge in [-0.15, -0.1) is 0 Å². The fourth-order valence-electron chi connectivity index (χ4n) is 5.51. The van der Waals surface area contributed by atoms with Crippen LogP contribution in [0.25, 0.3) is 5.52 Å². The number of halogens is 2. The third-order valence-electron chi connectivity index (χ3n) is 7.73. The SMILES string of the molecule is CCCc1nn2c(OCc3c(F)cccc3F)cc(C)cc2c1C(=O)CCC(C)(CCC)CC(=O)OCc1ccccc1. The molecule has 0 aliphatic heterocycles. The molecule has 4 rings (SSSR count). The Hall–Kier alpha value is -4.07. The summed E-state index contributed by atoms with van der Waals surface area (Å²) in [7, 11) is 0. The first-order chi connectivity index (χ1) is 20.6. The Morgan fingerprint density at radius 1 is 0.930 bits per heavy atom. The van der Waals surface area contributed by atoms with Crippen LogP contribution in [0.15, 0.2) is 60.7 Å². The maximum Gasteiger partial charge on any atom is 0.306 e. The lowest BCUT2D eigenvalue weighted by Crippen LogP contribution is -2.23. The second-order valence-electron chi connectivity index (χ2n) is 11.5. The van der Waals surface area contributed by atoms with E-state index in [9.17, 15) is 18.4 Å². The summed E-state index contributed by atoms with van der Waals surface area (Å²) in [4.78, 5) is 26.6. The molecule has 8 heteroatoms. The van der Waals surface area contributed by atoms with Gasteiger partial charge in [-0.3, -0.25) is 9.59 Å². The van der Waals surface area contributed by atoms with Crippen molar-refractivity contribution in [1.29, 1.82) is 0 Å². The minimum atomic E-state index is -0.689. The van der Waals surface area contributed by atoms with Crippen LogP contribution in [0.5, 0.6) is 5.88 Å². The molecular formula is C35H40F2N2O4. The normalized spacial score (nSPS) is 12.7. The molecule has 2 aromatic carbocycles. The van der Waals surface area contributed by atoms with E-state index in [1.54, 1.807) is 10.6 Å². The summed E-state index contributed by atoms with van der Waals surface area (Å²) in [6.07, 6.45) is 4.00. The zero-order chi connectivity index (χ0) is 31.0. The number of carbonyl (C=O) groups excluding carboxylic acids is 2. The number of fused-ring (bicyclic) bond motifs is 1.